The van der Waals surface area contributed by atoms with Gasteiger partial charge in [-0.25, -0.2) is 0 Å². The summed E-state index contributed by atoms with van der Waals surface area (Å²) in [6, 6.07) is 6.45. The standard InChI is InChI=1S/C17H29NO2/c1-5-7-8-9-12-15(18-6-2)14-11-10-13-16(19-3)17(14)20-4/h10-11,13,15,18H,5-9,12H2,1-4H3. The van der Waals surface area contributed by atoms with Crippen LogP contribution in [0.15, 0.2) is 18.2 Å². The predicted molar refractivity (Wildman–Crippen MR) is 84.7 cm³/mol. The average Bonchev–Trinajstić information content (AvgIpc) is 2.49. The summed E-state index contributed by atoms with van der Waals surface area (Å²) in [6.07, 6.45) is 6.26. The van der Waals surface area contributed by atoms with Gasteiger partial charge < -0.3 is 14.8 Å². The van der Waals surface area contributed by atoms with Gasteiger partial charge in [-0.1, -0.05) is 51.7 Å². The van der Waals surface area contributed by atoms with Crippen molar-refractivity contribution in [3.63, 3.8) is 0 Å². The molecule has 0 spiro atoms. The van der Waals surface area contributed by atoms with Crippen LogP contribution in [0, 0.1) is 0 Å². The van der Waals surface area contributed by atoms with E-state index in [1.807, 2.05) is 12.1 Å². The lowest BCUT2D eigenvalue weighted by Gasteiger charge is -2.22. The number of ether oxygens (including phenoxy) is 2. The molecule has 0 aliphatic rings. The van der Waals surface area contributed by atoms with E-state index < -0.39 is 0 Å². The van der Waals surface area contributed by atoms with Gasteiger partial charge in [-0.15, -0.1) is 0 Å². The molecular weight excluding hydrogens is 250 g/mol. The van der Waals surface area contributed by atoms with Crippen LogP contribution in [0.2, 0.25) is 0 Å². The van der Waals surface area contributed by atoms with Gasteiger partial charge in [-0.2, -0.15) is 0 Å². The van der Waals surface area contributed by atoms with Crippen molar-refractivity contribution in [1.82, 2.24) is 5.32 Å². The Morgan fingerprint density at radius 1 is 1.05 bits per heavy atom. The second-order valence-corrected chi connectivity index (χ2v) is 5.04. The molecule has 3 nitrogen and oxygen atoms in total. The number of unbranched alkanes of at least 4 members (excludes halogenated alkanes) is 3. The molecular formula is C17H29NO2. The minimum Gasteiger partial charge on any atom is -0.493 e. The first-order valence-corrected chi connectivity index (χ1v) is 7.72. The summed E-state index contributed by atoms with van der Waals surface area (Å²) in [5.41, 5.74) is 1.20. The molecule has 1 rings (SSSR count). The third-order valence-corrected chi connectivity index (χ3v) is 3.61. The first kappa shape index (κ1) is 16.8. The quantitative estimate of drug-likeness (QED) is 0.647. The van der Waals surface area contributed by atoms with Gasteiger partial charge in [-0.3, -0.25) is 0 Å². The first-order valence-electron chi connectivity index (χ1n) is 7.72. The van der Waals surface area contributed by atoms with Crippen molar-refractivity contribution >= 4 is 0 Å². The van der Waals surface area contributed by atoms with Crippen LogP contribution >= 0.6 is 0 Å². The molecule has 1 aromatic carbocycles. The minimum atomic E-state index is 0.335. The van der Waals surface area contributed by atoms with Gasteiger partial charge >= 0.3 is 0 Å². The molecule has 1 N–H and O–H groups in total. The van der Waals surface area contributed by atoms with Gasteiger partial charge in [0.15, 0.2) is 11.5 Å². The zero-order valence-corrected chi connectivity index (χ0v) is 13.4. The lowest BCUT2D eigenvalue weighted by atomic mass is 9.98. The molecule has 0 heterocycles. The van der Waals surface area contributed by atoms with E-state index in [4.69, 9.17) is 9.47 Å². The Morgan fingerprint density at radius 3 is 2.45 bits per heavy atom. The Morgan fingerprint density at radius 2 is 1.85 bits per heavy atom. The van der Waals surface area contributed by atoms with E-state index in [9.17, 15) is 0 Å². The number of methoxy groups -OCH3 is 2. The molecule has 0 saturated heterocycles. The number of hydrogen-bond acceptors (Lipinski definition) is 3. The Labute approximate surface area is 123 Å². The second-order valence-electron chi connectivity index (χ2n) is 5.04. The van der Waals surface area contributed by atoms with Crippen LogP contribution in [0.4, 0.5) is 0 Å². The SMILES string of the molecule is CCCCCCC(NCC)c1cccc(OC)c1OC. The summed E-state index contributed by atoms with van der Waals surface area (Å²) in [5.74, 6) is 1.66. The van der Waals surface area contributed by atoms with Crippen LogP contribution in [0.5, 0.6) is 11.5 Å². The largest absolute Gasteiger partial charge is 0.493 e. The van der Waals surface area contributed by atoms with Crippen LogP contribution in [-0.4, -0.2) is 20.8 Å². The highest BCUT2D eigenvalue weighted by molar-refractivity contribution is 5.48. The summed E-state index contributed by atoms with van der Waals surface area (Å²) in [4.78, 5) is 0. The van der Waals surface area contributed by atoms with Gasteiger partial charge in [0.2, 0.25) is 0 Å². The van der Waals surface area contributed by atoms with Crippen LogP contribution in [-0.2, 0) is 0 Å². The number of nitrogens with one attached hydrogen (secondary N) is 1. The lowest BCUT2D eigenvalue weighted by molar-refractivity contribution is 0.344. The molecule has 1 atom stereocenters. The number of para-hydroxylation sites is 1. The van der Waals surface area contributed by atoms with E-state index in [0.29, 0.717) is 6.04 Å². The average molecular weight is 279 g/mol. The van der Waals surface area contributed by atoms with Crippen LogP contribution in [0.3, 0.4) is 0 Å². The van der Waals surface area contributed by atoms with E-state index in [-0.39, 0.29) is 0 Å². The van der Waals surface area contributed by atoms with Gasteiger partial charge in [0.05, 0.1) is 14.2 Å². The highest BCUT2D eigenvalue weighted by Crippen LogP contribution is 2.36. The smallest absolute Gasteiger partial charge is 0.165 e. The molecule has 0 bridgehead atoms. The molecule has 0 amide bonds. The molecule has 1 aromatic rings. The van der Waals surface area contributed by atoms with Gasteiger partial charge in [0.25, 0.3) is 0 Å². The van der Waals surface area contributed by atoms with Crippen molar-refractivity contribution in [1.29, 1.82) is 0 Å². The zero-order chi connectivity index (χ0) is 14.8. The van der Waals surface area contributed by atoms with Gasteiger partial charge in [0, 0.05) is 11.6 Å². The molecule has 114 valence electrons. The zero-order valence-electron chi connectivity index (χ0n) is 13.4. The summed E-state index contributed by atoms with van der Waals surface area (Å²) >= 11 is 0. The van der Waals surface area contributed by atoms with Crippen LogP contribution < -0.4 is 14.8 Å². The Hall–Kier alpha value is -1.22. The maximum absolute atomic E-state index is 5.56. The molecule has 0 fully saturated rings. The fourth-order valence-electron chi connectivity index (χ4n) is 2.58. The topological polar surface area (TPSA) is 30.5 Å². The van der Waals surface area contributed by atoms with Gasteiger partial charge in [0.1, 0.15) is 0 Å². The highest BCUT2D eigenvalue weighted by Gasteiger charge is 2.17. The van der Waals surface area contributed by atoms with E-state index in [1.54, 1.807) is 14.2 Å². The van der Waals surface area contributed by atoms with E-state index in [2.05, 4.69) is 25.2 Å². The maximum Gasteiger partial charge on any atom is 0.165 e. The van der Waals surface area contributed by atoms with Crippen LogP contribution in [0.25, 0.3) is 0 Å². The Bertz CT molecular complexity index is 379. The maximum atomic E-state index is 5.56. The molecule has 3 heteroatoms. The van der Waals surface area contributed by atoms with Crippen molar-refractivity contribution < 1.29 is 9.47 Å². The lowest BCUT2D eigenvalue weighted by Crippen LogP contribution is -2.21. The molecule has 0 saturated carbocycles. The second kappa shape index (κ2) is 9.65. The summed E-state index contributed by atoms with van der Waals surface area (Å²) < 4.78 is 11.0. The Balaban J connectivity index is 2.84. The summed E-state index contributed by atoms with van der Waals surface area (Å²) in [6.45, 7) is 5.34. The molecule has 0 aromatic heterocycles. The number of rotatable bonds is 10. The van der Waals surface area contributed by atoms with E-state index >= 15 is 0 Å². The van der Waals surface area contributed by atoms with E-state index in [0.717, 1.165) is 24.5 Å². The molecule has 20 heavy (non-hydrogen) atoms. The summed E-state index contributed by atoms with van der Waals surface area (Å²) in [5, 5.41) is 3.57. The van der Waals surface area contributed by atoms with Crippen molar-refractivity contribution in [2.24, 2.45) is 0 Å². The number of hydrogen-bond donors (Lipinski definition) is 1. The van der Waals surface area contributed by atoms with Crippen molar-refractivity contribution in [2.75, 3.05) is 20.8 Å². The molecule has 0 aliphatic heterocycles. The fourth-order valence-corrected chi connectivity index (χ4v) is 2.58. The third kappa shape index (κ3) is 4.71. The normalized spacial score (nSPS) is 12.2. The van der Waals surface area contributed by atoms with Crippen molar-refractivity contribution in [3.8, 4) is 11.5 Å². The van der Waals surface area contributed by atoms with Gasteiger partial charge in [-0.05, 0) is 19.0 Å². The van der Waals surface area contributed by atoms with E-state index in [1.165, 1.54) is 31.2 Å². The summed E-state index contributed by atoms with van der Waals surface area (Å²) in [7, 11) is 3.40. The monoisotopic (exact) mass is 279 g/mol. The molecule has 0 aliphatic carbocycles. The molecule has 1 unspecified atom stereocenters. The first-order chi connectivity index (χ1) is 9.78. The third-order valence-electron chi connectivity index (χ3n) is 3.61. The van der Waals surface area contributed by atoms with Crippen LogP contribution in [0.1, 0.15) is 57.6 Å². The Kier molecular flexibility index (Phi) is 8.12. The predicted octanol–water partition coefficient (Wildman–Crippen LogP) is 4.32. The highest BCUT2D eigenvalue weighted by atomic mass is 16.5. The van der Waals surface area contributed by atoms with Crippen molar-refractivity contribution in [3.05, 3.63) is 23.8 Å². The molecule has 0 radical (unpaired) electrons. The fraction of sp³-hybridized carbons (Fsp3) is 0.647. The van der Waals surface area contributed by atoms with Crippen molar-refractivity contribution in [2.45, 2.75) is 52.0 Å². The minimum absolute atomic E-state index is 0.335. The number of benzene rings is 1.